The third kappa shape index (κ3) is 5.54. The molecule has 7 nitrogen and oxygen atoms in total. The zero-order valence-electron chi connectivity index (χ0n) is 16.7. The Balaban J connectivity index is 1.48. The first-order valence-corrected chi connectivity index (χ1v) is 10.3. The summed E-state index contributed by atoms with van der Waals surface area (Å²) in [5.41, 5.74) is 2.07. The van der Waals surface area contributed by atoms with E-state index in [0.717, 1.165) is 24.5 Å². The highest BCUT2D eigenvalue weighted by atomic mass is 16.2. The number of carbonyl (C=O) groups excluding carboxylic acids is 2. The fourth-order valence-electron chi connectivity index (χ4n) is 4.35. The average molecular weight is 376 g/mol. The van der Waals surface area contributed by atoms with Gasteiger partial charge in [-0.15, -0.1) is 0 Å². The van der Waals surface area contributed by atoms with Gasteiger partial charge in [0.25, 0.3) is 0 Å². The monoisotopic (exact) mass is 375 g/mol. The van der Waals surface area contributed by atoms with Gasteiger partial charge in [0.1, 0.15) is 0 Å². The Labute approximate surface area is 161 Å². The third-order valence-corrected chi connectivity index (χ3v) is 5.79. The predicted molar refractivity (Wildman–Crippen MR) is 104 cm³/mol. The SMILES string of the molecule is Cc1cc(C)n(CCNC(=O)C[C@@H]2C(=O)NCCN2CC2CCCCC2)n1. The molecule has 1 saturated heterocycles. The molecule has 0 radical (unpaired) electrons. The molecule has 2 N–H and O–H groups in total. The summed E-state index contributed by atoms with van der Waals surface area (Å²) in [5, 5.41) is 10.3. The number of piperazine rings is 1. The van der Waals surface area contributed by atoms with E-state index in [1.54, 1.807) is 0 Å². The number of nitrogens with zero attached hydrogens (tertiary/aromatic N) is 3. The first-order chi connectivity index (χ1) is 13.0. The number of nitrogens with one attached hydrogen (secondary N) is 2. The van der Waals surface area contributed by atoms with E-state index in [0.29, 0.717) is 25.6 Å². The van der Waals surface area contributed by atoms with Gasteiger partial charge in [0.2, 0.25) is 11.8 Å². The van der Waals surface area contributed by atoms with Crippen LogP contribution in [0.1, 0.15) is 49.9 Å². The van der Waals surface area contributed by atoms with Crippen molar-refractivity contribution in [1.29, 1.82) is 0 Å². The zero-order valence-corrected chi connectivity index (χ0v) is 16.7. The molecule has 3 rings (SSSR count). The number of rotatable bonds is 7. The lowest BCUT2D eigenvalue weighted by Gasteiger charge is -2.37. The van der Waals surface area contributed by atoms with Gasteiger partial charge in [-0.05, 0) is 38.7 Å². The smallest absolute Gasteiger partial charge is 0.237 e. The Kier molecular flexibility index (Phi) is 6.88. The van der Waals surface area contributed by atoms with Gasteiger partial charge >= 0.3 is 0 Å². The van der Waals surface area contributed by atoms with Gasteiger partial charge in [-0.3, -0.25) is 19.2 Å². The summed E-state index contributed by atoms with van der Waals surface area (Å²) < 4.78 is 1.90. The Bertz CT molecular complexity index is 651. The number of amides is 2. The van der Waals surface area contributed by atoms with Crippen molar-refractivity contribution in [3.8, 4) is 0 Å². The van der Waals surface area contributed by atoms with Crippen molar-refractivity contribution < 1.29 is 9.59 Å². The molecule has 0 bridgehead atoms. The second-order valence-electron chi connectivity index (χ2n) is 8.01. The molecular formula is C20H33N5O2. The Morgan fingerprint density at radius 2 is 2.07 bits per heavy atom. The molecule has 150 valence electrons. The lowest BCUT2D eigenvalue weighted by molar-refractivity contribution is -0.134. The maximum Gasteiger partial charge on any atom is 0.237 e. The van der Waals surface area contributed by atoms with Crippen molar-refractivity contribution in [2.24, 2.45) is 5.92 Å². The summed E-state index contributed by atoms with van der Waals surface area (Å²) in [6, 6.07) is 1.69. The number of hydrogen-bond acceptors (Lipinski definition) is 4. The fraction of sp³-hybridized carbons (Fsp3) is 0.750. The fourth-order valence-corrected chi connectivity index (χ4v) is 4.35. The number of aromatic nitrogens is 2. The first kappa shape index (κ1) is 19.9. The second kappa shape index (κ2) is 9.35. The van der Waals surface area contributed by atoms with E-state index < -0.39 is 0 Å². The molecular weight excluding hydrogens is 342 g/mol. The van der Waals surface area contributed by atoms with Crippen LogP contribution < -0.4 is 10.6 Å². The van der Waals surface area contributed by atoms with Crippen LogP contribution in [-0.2, 0) is 16.1 Å². The van der Waals surface area contributed by atoms with Crippen molar-refractivity contribution in [2.75, 3.05) is 26.2 Å². The van der Waals surface area contributed by atoms with Gasteiger partial charge in [-0.1, -0.05) is 19.3 Å². The Morgan fingerprint density at radius 1 is 1.30 bits per heavy atom. The molecule has 2 fully saturated rings. The van der Waals surface area contributed by atoms with Crippen LogP contribution in [0.3, 0.4) is 0 Å². The highest BCUT2D eigenvalue weighted by molar-refractivity contribution is 5.88. The summed E-state index contributed by atoms with van der Waals surface area (Å²) in [5.74, 6) is 0.597. The van der Waals surface area contributed by atoms with Crippen LogP contribution in [0.5, 0.6) is 0 Å². The molecule has 1 saturated carbocycles. The highest BCUT2D eigenvalue weighted by Crippen LogP contribution is 2.25. The van der Waals surface area contributed by atoms with Crippen LogP contribution in [0.15, 0.2) is 6.07 Å². The molecule has 1 aromatic heterocycles. The lowest BCUT2D eigenvalue weighted by atomic mass is 9.88. The molecule has 0 unspecified atom stereocenters. The van der Waals surface area contributed by atoms with Gasteiger partial charge in [-0.25, -0.2) is 0 Å². The second-order valence-corrected chi connectivity index (χ2v) is 8.01. The van der Waals surface area contributed by atoms with Gasteiger partial charge in [0.05, 0.1) is 24.7 Å². The van der Waals surface area contributed by atoms with Gasteiger partial charge in [-0.2, -0.15) is 5.10 Å². The van der Waals surface area contributed by atoms with E-state index in [2.05, 4.69) is 20.6 Å². The number of aryl methyl sites for hydroxylation is 2. The summed E-state index contributed by atoms with van der Waals surface area (Å²) in [7, 11) is 0. The van der Waals surface area contributed by atoms with Gasteiger partial charge in [0, 0.05) is 31.9 Å². The minimum absolute atomic E-state index is 0.00856. The average Bonchev–Trinajstić information content (AvgIpc) is 2.96. The molecule has 0 aromatic carbocycles. The van der Waals surface area contributed by atoms with Crippen molar-refractivity contribution in [3.05, 3.63) is 17.5 Å². The maximum absolute atomic E-state index is 12.4. The minimum atomic E-state index is -0.339. The van der Waals surface area contributed by atoms with Gasteiger partial charge in [0.15, 0.2) is 0 Å². The molecule has 1 aliphatic heterocycles. The highest BCUT2D eigenvalue weighted by Gasteiger charge is 2.33. The topological polar surface area (TPSA) is 79.3 Å². The molecule has 2 heterocycles. The van der Waals surface area contributed by atoms with E-state index in [-0.39, 0.29) is 24.3 Å². The molecule has 1 aromatic rings. The summed E-state index contributed by atoms with van der Waals surface area (Å²) in [4.78, 5) is 27.0. The van der Waals surface area contributed by atoms with Crippen LogP contribution in [-0.4, -0.2) is 58.7 Å². The Morgan fingerprint density at radius 3 is 2.78 bits per heavy atom. The lowest BCUT2D eigenvalue weighted by Crippen LogP contribution is -2.57. The third-order valence-electron chi connectivity index (χ3n) is 5.79. The molecule has 2 aliphatic rings. The van der Waals surface area contributed by atoms with E-state index >= 15 is 0 Å². The summed E-state index contributed by atoms with van der Waals surface area (Å²) in [6.07, 6.45) is 6.65. The van der Waals surface area contributed by atoms with Crippen LogP contribution in [0.25, 0.3) is 0 Å². The van der Waals surface area contributed by atoms with Crippen LogP contribution >= 0.6 is 0 Å². The predicted octanol–water partition coefficient (Wildman–Crippen LogP) is 1.39. The van der Waals surface area contributed by atoms with E-state index in [1.807, 2.05) is 24.6 Å². The molecule has 0 spiro atoms. The van der Waals surface area contributed by atoms with Crippen LogP contribution in [0, 0.1) is 19.8 Å². The van der Waals surface area contributed by atoms with Gasteiger partial charge < -0.3 is 10.6 Å². The van der Waals surface area contributed by atoms with Crippen molar-refractivity contribution in [3.63, 3.8) is 0 Å². The molecule has 1 atom stereocenters. The minimum Gasteiger partial charge on any atom is -0.354 e. The number of carbonyl (C=O) groups is 2. The molecule has 7 heteroatoms. The molecule has 1 aliphatic carbocycles. The van der Waals surface area contributed by atoms with E-state index in [1.165, 1.54) is 32.1 Å². The van der Waals surface area contributed by atoms with E-state index in [9.17, 15) is 9.59 Å². The first-order valence-electron chi connectivity index (χ1n) is 10.3. The molecule has 27 heavy (non-hydrogen) atoms. The quantitative estimate of drug-likeness (QED) is 0.755. The number of hydrogen-bond donors (Lipinski definition) is 2. The maximum atomic E-state index is 12.4. The van der Waals surface area contributed by atoms with Crippen LogP contribution in [0.4, 0.5) is 0 Å². The molecule has 2 amide bonds. The van der Waals surface area contributed by atoms with Crippen molar-refractivity contribution in [1.82, 2.24) is 25.3 Å². The Hall–Kier alpha value is -1.89. The van der Waals surface area contributed by atoms with Crippen LogP contribution in [0.2, 0.25) is 0 Å². The normalized spacial score (nSPS) is 21.9. The van der Waals surface area contributed by atoms with Crippen molar-refractivity contribution >= 4 is 11.8 Å². The summed E-state index contributed by atoms with van der Waals surface area (Å²) in [6.45, 7) is 7.61. The summed E-state index contributed by atoms with van der Waals surface area (Å²) >= 11 is 0. The largest absolute Gasteiger partial charge is 0.354 e. The zero-order chi connectivity index (χ0) is 19.2. The standard InChI is InChI=1S/C20H33N5O2/c1-15-12-16(2)25(23-15)11-9-21-19(26)13-18-20(27)22-8-10-24(18)14-17-6-4-3-5-7-17/h12,17-18H,3-11,13-14H2,1-2H3,(H,21,26)(H,22,27)/t18-/m1/s1. The van der Waals surface area contributed by atoms with E-state index in [4.69, 9.17) is 0 Å². The van der Waals surface area contributed by atoms with Crippen molar-refractivity contribution in [2.45, 2.75) is 65.0 Å².